The SMILES string of the molecule is CCC[C@@]1(C(=O)O)CN(C(=O)Cn2c(C3CC3)nc3ccccc32)CC[C@@H]1O. The van der Waals surface area contributed by atoms with E-state index in [0.717, 1.165) is 29.7 Å². The normalized spacial score (nSPS) is 25.2. The lowest BCUT2D eigenvalue weighted by Crippen LogP contribution is -2.57. The third-order valence-electron chi connectivity index (χ3n) is 6.18. The topological polar surface area (TPSA) is 95.7 Å². The first-order valence-corrected chi connectivity index (χ1v) is 10.1. The highest BCUT2D eigenvalue weighted by molar-refractivity contribution is 5.83. The average molecular weight is 385 g/mol. The summed E-state index contributed by atoms with van der Waals surface area (Å²) in [6.07, 6.45) is 2.54. The highest BCUT2D eigenvalue weighted by Crippen LogP contribution is 2.41. The van der Waals surface area contributed by atoms with Crippen molar-refractivity contribution >= 4 is 22.9 Å². The van der Waals surface area contributed by atoms with Crippen molar-refractivity contribution < 1.29 is 19.8 Å². The second-order valence-corrected chi connectivity index (χ2v) is 8.15. The van der Waals surface area contributed by atoms with E-state index in [0.29, 0.717) is 25.3 Å². The van der Waals surface area contributed by atoms with Crippen LogP contribution in [0.25, 0.3) is 11.0 Å². The number of piperidine rings is 1. The molecule has 7 heteroatoms. The highest BCUT2D eigenvalue weighted by atomic mass is 16.4. The van der Waals surface area contributed by atoms with Crippen LogP contribution in [0.15, 0.2) is 24.3 Å². The maximum Gasteiger partial charge on any atom is 0.314 e. The van der Waals surface area contributed by atoms with Gasteiger partial charge in [0, 0.05) is 19.0 Å². The third kappa shape index (κ3) is 3.17. The Labute approximate surface area is 164 Å². The lowest BCUT2D eigenvalue weighted by atomic mass is 9.74. The van der Waals surface area contributed by atoms with Crippen molar-refractivity contribution in [1.82, 2.24) is 14.5 Å². The number of hydrogen-bond acceptors (Lipinski definition) is 4. The number of carbonyl (C=O) groups excluding carboxylic acids is 1. The summed E-state index contributed by atoms with van der Waals surface area (Å²) in [6.45, 7) is 2.49. The average Bonchev–Trinajstić information content (AvgIpc) is 3.46. The van der Waals surface area contributed by atoms with Crippen LogP contribution in [0.1, 0.15) is 50.8 Å². The number of aliphatic hydroxyl groups is 1. The highest BCUT2D eigenvalue weighted by Gasteiger charge is 2.49. The summed E-state index contributed by atoms with van der Waals surface area (Å²) in [7, 11) is 0. The van der Waals surface area contributed by atoms with E-state index in [1.165, 1.54) is 0 Å². The van der Waals surface area contributed by atoms with Gasteiger partial charge in [-0.1, -0.05) is 25.5 Å². The van der Waals surface area contributed by atoms with Gasteiger partial charge in [0.2, 0.25) is 5.91 Å². The summed E-state index contributed by atoms with van der Waals surface area (Å²) >= 11 is 0. The van der Waals surface area contributed by atoms with Crippen molar-refractivity contribution in [2.75, 3.05) is 13.1 Å². The second-order valence-electron chi connectivity index (χ2n) is 8.15. The van der Waals surface area contributed by atoms with E-state index in [1.807, 2.05) is 35.8 Å². The number of fused-ring (bicyclic) bond motifs is 1. The quantitative estimate of drug-likeness (QED) is 0.796. The minimum atomic E-state index is -1.28. The van der Waals surface area contributed by atoms with Crippen LogP contribution >= 0.6 is 0 Å². The second kappa shape index (κ2) is 7.20. The summed E-state index contributed by atoms with van der Waals surface area (Å²) in [5, 5.41) is 20.2. The van der Waals surface area contributed by atoms with Crippen molar-refractivity contribution in [2.24, 2.45) is 5.41 Å². The number of aliphatic hydroxyl groups excluding tert-OH is 1. The fourth-order valence-electron chi connectivity index (χ4n) is 4.45. The van der Waals surface area contributed by atoms with Crippen LogP contribution < -0.4 is 0 Å². The summed E-state index contributed by atoms with van der Waals surface area (Å²) in [5.41, 5.74) is 0.545. The van der Waals surface area contributed by atoms with Crippen LogP contribution in [0.5, 0.6) is 0 Å². The number of likely N-dealkylation sites (tertiary alicyclic amines) is 1. The zero-order valence-corrected chi connectivity index (χ0v) is 16.2. The molecule has 0 radical (unpaired) electrons. The van der Waals surface area contributed by atoms with E-state index < -0.39 is 17.5 Å². The Morgan fingerprint density at radius 2 is 2.00 bits per heavy atom. The lowest BCUT2D eigenvalue weighted by molar-refractivity contribution is -0.167. The smallest absolute Gasteiger partial charge is 0.314 e. The number of carboxylic acids is 1. The van der Waals surface area contributed by atoms with Gasteiger partial charge >= 0.3 is 5.97 Å². The molecule has 0 spiro atoms. The molecule has 1 aromatic carbocycles. The number of rotatable bonds is 6. The molecule has 0 bridgehead atoms. The number of amides is 1. The fourth-order valence-corrected chi connectivity index (χ4v) is 4.45. The molecule has 1 saturated heterocycles. The molecule has 1 aromatic heterocycles. The minimum Gasteiger partial charge on any atom is -0.481 e. The lowest BCUT2D eigenvalue weighted by Gasteiger charge is -2.43. The van der Waals surface area contributed by atoms with E-state index in [-0.39, 0.29) is 25.4 Å². The molecule has 4 rings (SSSR count). The molecule has 1 aliphatic heterocycles. The van der Waals surface area contributed by atoms with Crippen LogP contribution in [0, 0.1) is 5.41 Å². The van der Waals surface area contributed by atoms with E-state index in [9.17, 15) is 19.8 Å². The number of benzene rings is 1. The number of para-hydroxylation sites is 2. The number of aliphatic carboxylic acids is 1. The van der Waals surface area contributed by atoms with E-state index in [1.54, 1.807) is 4.90 Å². The number of hydrogen-bond donors (Lipinski definition) is 2. The standard InChI is InChI=1S/C21H27N3O4/c1-2-10-21(20(27)28)13-23(11-9-17(21)25)18(26)12-24-16-6-4-3-5-15(16)22-19(24)14-7-8-14/h3-6,14,17,25H,2,7-13H2,1H3,(H,27,28)/t17-,21+/m0/s1. The molecule has 28 heavy (non-hydrogen) atoms. The van der Waals surface area contributed by atoms with Crippen molar-refractivity contribution in [3.63, 3.8) is 0 Å². The van der Waals surface area contributed by atoms with Gasteiger partial charge in [-0.2, -0.15) is 0 Å². The predicted molar refractivity (Wildman–Crippen MR) is 104 cm³/mol. The molecule has 1 saturated carbocycles. The number of carboxylic acid groups (broad SMARTS) is 1. The first-order valence-electron chi connectivity index (χ1n) is 10.1. The van der Waals surface area contributed by atoms with Crippen LogP contribution in [0.3, 0.4) is 0 Å². The van der Waals surface area contributed by atoms with Gasteiger partial charge in [0.1, 0.15) is 17.8 Å². The van der Waals surface area contributed by atoms with Gasteiger partial charge in [-0.25, -0.2) is 4.98 Å². The summed E-state index contributed by atoms with van der Waals surface area (Å²) in [5.74, 6) is 0.219. The summed E-state index contributed by atoms with van der Waals surface area (Å²) in [4.78, 5) is 31.4. The molecule has 2 aliphatic rings. The van der Waals surface area contributed by atoms with Crippen LogP contribution in [0.4, 0.5) is 0 Å². The molecule has 1 aliphatic carbocycles. The van der Waals surface area contributed by atoms with E-state index in [2.05, 4.69) is 0 Å². The Kier molecular flexibility index (Phi) is 4.87. The van der Waals surface area contributed by atoms with Crippen molar-refractivity contribution in [1.29, 1.82) is 0 Å². The number of nitrogens with zero attached hydrogens (tertiary/aromatic N) is 3. The van der Waals surface area contributed by atoms with E-state index >= 15 is 0 Å². The fraction of sp³-hybridized carbons (Fsp3) is 0.571. The Hall–Kier alpha value is -2.41. The van der Waals surface area contributed by atoms with Gasteiger partial charge in [-0.15, -0.1) is 0 Å². The molecule has 2 aromatic rings. The Bertz CT molecular complexity index is 904. The molecule has 2 N–H and O–H groups in total. The molecular weight excluding hydrogens is 358 g/mol. The van der Waals surface area contributed by atoms with Crippen molar-refractivity contribution in [3.05, 3.63) is 30.1 Å². The van der Waals surface area contributed by atoms with Gasteiger partial charge in [0.05, 0.1) is 17.1 Å². The van der Waals surface area contributed by atoms with Crippen molar-refractivity contribution in [3.8, 4) is 0 Å². The van der Waals surface area contributed by atoms with E-state index in [4.69, 9.17) is 4.98 Å². The maximum atomic E-state index is 13.1. The summed E-state index contributed by atoms with van der Waals surface area (Å²) in [6, 6.07) is 7.81. The van der Waals surface area contributed by atoms with Crippen LogP contribution in [0.2, 0.25) is 0 Å². The Balaban J connectivity index is 1.60. The predicted octanol–water partition coefficient (Wildman–Crippen LogP) is 2.38. The Morgan fingerprint density at radius 1 is 1.25 bits per heavy atom. The zero-order valence-electron chi connectivity index (χ0n) is 16.2. The Morgan fingerprint density at radius 3 is 2.68 bits per heavy atom. The van der Waals surface area contributed by atoms with Gasteiger partial charge < -0.3 is 19.7 Å². The van der Waals surface area contributed by atoms with Gasteiger partial charge in [-0.3, -0.25) is 9.59 Å². The maximum absolute atomic E-state index is 13.1. The first kappa shape index (κ1) is 18.9. The van der Waals surface area contributed by atoms with Crippen LogP contribution in [-0.4, -0.2) is 55.7 Å². The molecule has 2 fully saturated rings. The number of aromatic nitrogens is 2. The van der Waals surface area contributed by atoms with Crippen LogP contribution in [-0.2, 0) is 16.1 Å². The monoisotopic (exact) mass is 385 g/mol. The molecule has 2 heterocycles. The number of imidazole rings is 1. The first-order chi connectivity index (χ1) is 13.5. The molecule has 1 amide bonds. The van der Waals surface area contributed by atoms with Gasteiger partial charge in [0.15, 0.2) is 0 Å². The zero-order chi connectivity index (χ0) is 19.9. The number of carbonyl (C=O) groups is 2. The van der Waals surface area contributed by atoms with Crippen molar-refractivity contribution in [2.45, 2.75) is 57.6 Å². The minimum absolute atomic E-state index is 0.0571. The molecule has 7 nitrogen and oxygen atoms in total. The van der Waals surface area contributed by atoms with Gasteiger partial charge in [-0.05, 0) is 37.8 Å². The summed E-state index contributed by atoms with van der Waals surface area (Å²) < 4.78 is 1.99. The molecule has 2 atom stereocenters. The molecular formula is C21H27N3O4. The molecule has 150 valence electrons. The van der Waals surface area contributed by atoms with Gasteiger partial charge in [0.25, 0.3) is 0 Å². The molecule has 0 unspecified atom stereocenters. The largest absolute Gasteiger partial charge is 0.481 e. The third-order valence-corrected chi connectivity index (χ3v) is 6.18.